The fourth-order valence-electron chi connectivity index (χ4n) is 3.22. The maximum Gasteiger partial charge on any atom is 0.471 e. The lowest BCUT2D eigenvalue weighted by Gasteiger charge is -2.29. The standard InChI is InChI=1S/C19H16Cl2F3N5O/c1-10-5-4-6-11(2)15(10)29-17(25-26-27-29)16(28(3)18(30)19(22,23)24)13-8-7-12(20)9-14(13)21/h4-9,16H,1-3H3/t16-/m1/s1. The number of para-hydroxylation sites is 1. The van der Waals surface area contributed by atoms with Crippen LogP contribution in [0, 0.1) is 13.8 Å². The van der Waals surface area contributed by atoms with E-state index in [0.717, 1.165) is 18.2 Å². The Kier molecular flexibility index (Phi) is 6.05. The van der Waals surface area contributed by atoms with E-state index >= 15 is 0 Å². The Balaban J connectivity index is 2.25. The predicted molar refractivity (Wildman–Crippen MR) is 106 cm³/mol. The smallest absolute Gasteiger partial charge is 0.323 e. The first-order chi connectivity index (χ1) is 14.0. The molecule has 1 aromatic heterocycles. The van der Waals surface area contributed by atoms with Gasteiger partial charge < -0.3 is 4.90 Å². The molecule has 6 nitrogen and oxygen atoms in total. The number of carbonyl (C=O) groups is 1. The van der Waals surface area contributed by atoms with Crippen LogP contribution in [0.25, 0.3) is 5.69 Å². The second-order valence-electron chi connectivity index (χ2n) is 6.67. The van der Waals surface area contributed by atoms with Crippen LogP contribution in [-0.2, 0) is 4.79 Å². The Morgan fingerprint density at radius 3 is 2.33 bits per heavy atom. The third-order valence-electron chi connectivity index (χ3n) is 4.60. The van der Waals surface area contributed by atoms with Gasteiger partial charge >= 0.3 is 12.1 Å². The highest BCUT2D eigenvalue weighted by Gasteiger charge is 2.45. The van der Waals surface area contributed by atoms with Gasteiger partial charge in [-0.2, -0.15) is 17.9 Å². The van der Waals surface area contributed by atoms with E-state index < -0.39 is 18.1 Å². The Bertz CT molecular complexity index is 1080. The average molecular weight is 458 g/mol. The minimum atomic E-state index is -5.09. The van der Waals surface area contributed by atoms with Gasteiger partial charge in [0, 0.05) is 22.7 Å². The van der Waals surface area contributed by atoms with E-state index in [-0.39, 0.29) is 16.4 Å². The predicted octanol–water partition coefficient (Wildman–Crippen LogP) is 4.70. The molecule has 158 valence electrons. The fourth-order valence-corrected chi connectivity index (χ4v) is 3.74. The zero-order valence-electron chi connectivity index (χ0n) is 16.1. The number of tetrazole rings is 1. The van der Waals surface area contributed by atoms with Crippen LogP contribution in [-0.4, -0.2) is 44.2 Å². The van der Waals surface area contributed by atoms with Gasteiger partial charge in [0.1, 0.15) is 6.04 Å². The van der Waals surface area contributed by atoms with Gasteiger partial charge in [0.05, 0.1) is 5.69 Å². The van der Waals surface area contributed by atoms with Crippen LogP contribution in [0.3, 0.4) is 0 Å². The normalized spacial score (nSPS) is 12.7. The second kappa shape index (κ2) is 8.23. The van der Waals surface area contributed by atoms with Gasteiger partial charge in [0.25, 0.3) is 0 Å². The summed E-state index contributed by atoms with van der Waals surface area (Å²) in [5, 5.41) is 11.9. The average Bonchev–Trinajstić information content (AvgIpc) is 3.11. The number of rotatable bonds is 4. The van der Waals surface area contributed by atoms with Gasteiger partial charge in [-0.1, -0.05) is 47.5 Å². The van der Waals surface area contributed by atoms with Crippen molar-refractivity contribution in [3.05, 3.63) is 69.0 Å². The highest BCUT2D eigenvalue weighted by atomic mass is 35.5. The van der Waals surface area contributed by atoms with Crippen molar-refractivity contribution in [2.45, 2.75) is 26.1 Å². The van der Waals surface area contributed by atoms with Gasteiger partial charge in [0.15, 0.2) is 5.82 Å². The first kappa shape index (κ1) is 22.0. The van der Waals surface area contributed by atoms with Crippen molar-refractivity contribution in [1.29, 1.82) is 0 Å². The molecule has 3 aromatic rings. The second-order valence-corrected chi connectivity index (χ2v) is 7.52. The minimum absolute atomic E-state index is 0.00303. The van der Waals surface area contributed by atoms with E-state index in [2.05, 4.69) is 15.5 Å². The summed E-state index contributed by atoms with van der Waals surface area (Å²) in [6.07, 6.45) is -5.09. The lowest BCUT2D eigenvalue weighted by Crippen LogP contribution is -2.42. The Morgan fingerprint density at radius 1 is 1.13 bits per heavy atom. The maximum absolute atomic E-state index is 13.2. The molecule has 2 aromatic carbocycles. The van der Waals surface area contributed by atoms with E-state index in [0.29, 0.717) is 15.6 Å². The van der Waals surface area contributed by atoms with Crippen molar-refractivity contribution in [1.82, 2.24) is 25.1 Å². The molecule has 3 rings (SSSR count). The van der Waals surface area contributed by atoms with E-state index in [1.165, 1.54) is 22.9 Å². The van der Waals surface area contributed by atoms with Gasteiger partial charge in [-0.05, 0) is 47.5 Å². The van der Waals surface area contributed by atoms with E-state index in [9.17, 15) is 18.0 Å². The topological polar surface area (TPSA) is 63.9 Å². The van der Waals surface area contributed by atoms with E-state index in [1.807, 2.05) is 32.0 Å². The number of aryl methyl sites for hydroxylation is 2. The third kappa shape index (κ3) is 4.13. The number of aromatic nitrogens is 4. The van der Waals surface area contributed by atoms with Gasteiger partial charge in [-0.3, -0.25) is 4.79 Å². The van der Waals surface area contributed by atoms with Crippen LogP contribution in [0.15, 0.2) is 36.4 Å². The molecule has 11 heteroatoms. The first-order valence-corrected chi connectivity index (χ1v) is 9.41. The van der Waals surface area contributed by atoms with Crippen molar-refractivity contribution < 1.29 is 18.0 Å². The summed E-state index contributed by atoms with van der Waals surface area (Å²) in [7, 11) is 1.02. The van der Waals surface area contributed by atoms with Crippen LogP contribution in [0.5, 0.6) is 0 Å². The highest BCUT2D eigenvalue weighted by Crippen LogP contribution is 2.36. The Labute approximate surface area is 180 Å². The maximum atomic E-state index is 13.2. The molecule has 0 radical (unpaired) electrons. The number of benzene rings is 2. The molecule has 0 unspecified atom stereocenters. The number of hydrogen-bond acceptors (Lipinski definition) is 4. The summed E-state index contributed by atoms with van der Waals surface area (Å²) in [6.45, 7) is 3.64. The molecule has 30 heavy (non-hydrogen) atoms. The number of carbonyl (C=O) groups excluding carboxylic acids is 1. The summed E-state index contributed by atoms with van der Waals surface area (Å²) in [5.74, 6) is -2.06. The van der Waals surface area contributed by atoms with Crippen LogP contribution in [0.4, 0.5) is 13.2 Å². The van der Waals surface area contributed by atoms with E-state index in [4.69, 9.17) is 23.2 Å². The Hall–Kier alpha value is -2.65. The monoisotopic (exact) mass is 457 g/mol. The molecule has 0 aliphatic rings. The zero-order chi connectivity index (χ0) is 22.2. The number of nitrogens with zero attached hydrogens (tertiary/aromatic N) is 5. The van der Waals surface area contributed by atoms with Gasteiger partial charge in [0.2, 0.25) is 0 Å². The van der Waals surface area contributed by atoms with Gasteiger partial charge in [-0.15, -0.1) is 5.10 Å². The molecule has 0 aliphatic carbocycles. The molecule has 1 amide bonds. The minimum Gasteiger partial charge on any atom is -0.323 e. The summed E-state index contributed by atoms with van der Waals surface area (Å²) >= 11 is 12.2. The van der Waals surface area contributed by atoms with Crippen molar-refractivity contribution in [2.24, 2.45) is 0 Å². The summed E-state index contributed by atoms with van der Waals surface area (Å²) in [4.78, 5) is 12.6. The molecule has 1 atom stereocenters. The lowest BCUT2D eigenvalue weighted by atomic mass is 10.0. The molecule has 0 saturated carbocycles. The Morgan fingerprint density at radius 2 is 1.77 bits per heavy atom. The molecule has 0 saturated heterocycles. The van der Waals surface area contributed by atoms with Gasteiger partial charge in [-0.25, -0.2) is 0 Å². The molecule has 1 heterocycles. The molecular weight excluding hydrogens is 442 g/mol. The molecule has 0 N–H and O–H groups in total. The van der Waals surface area contributed by atoms with Crippen molar-refractivity contribution in [3.63, 3.8) is 0 Å². The SMILES string of the molecule is Cc1cccc(C)c1-n1nnnc1[C@@H](c1ccc(Cl)cc1Cl)N(C)C(=O)C(F)(F)F. The number of halogens is 5. The van der Waals surface area contributed by atoms with Crippen molar-refractivity contribution in [3.8, 4) is 5.69 Å². The summed E-state index contributed by atoms with van der Waals surface area (Å²) < 4.78 is 41.0. The van der Waals surface area contributed by atoms with Crippen LogP contribution >= 0.6 is 23.2 Å². The third-order valence-corrected chi connectivity index (χ3v) is 5.16. The van der Waals surface area contributed by atoms with Crippen molar-refractivity contribution >= 4 is 29.1 Å². The van der Waals surface area contributed by atoms with Crippen LogP contribution in [0.2, 0.25) is 10.0 Å². The molecule has 0 aliphatic heterocycles. The van der Waals surface area contributed by atoms with Crippen LogP contribution < -0.4 is 0 Å². The number of amides is 1. The molecular formula is C19H16Cl2F3N5O. The largest absolute Gasteiger partial charge is 0.471 e. The summed E-state index contributed by atoms with van der Waals surface area (Å²) in [6, 6.07) is 8.45. The highest BCUT2D eigenvalue weighted by molar-refractivity contribution is 6.35. The first-order valence-electron chi connectivity index (χ1n) is 8.66. The quantitative estimate of drug-likeness (QED) is 0.569. The van der Waals surface area contributed by atoms with Crippen LogP contribution in [0.1, 0.15) is 28.6 Å². The molecule has 0 spiro atoms. The number of hydrogen-bond donors (Lipinski definition) is 0. The lowest BCUT2D eigenvalue weighted by molar-refractivity contribution is -0.185. The summed E-state index contributed by atoms with van der Waals surface area (Å²) in [5.41, 5.74) is 2.40. The zero-order valence-corrected chi connectivity index (χ0v) is 17.6. The molecule has 0 bridgehead atoms. The van der Waals surface area contributed by atoms with E-state index in [1.54, 1.807) is 0 Å². The molecule has 0 fully saturated rings. The number of alkyl halides is 3. The van der Waals surface area contributed by atoms with Crippen molar-refractivity contribution in [2.75, 3.05) is 7.05 Å². The fraction of sp³-hybridized carbons (Fsp3) is 0.263.